The lowest BCUT2D eigenvalue weighted by Crippen LogP contribution is -2.28. The Bertz CT molecular complexity index is 890. The van der Waals surface area contributed by atoms with E-state index in [9.17, 15) is 4.79 Å². The molecule has 1 fully saturated rings. The molecule has 0 bridgehead atoms. The molecule has 126 valence electrons. The highest BCUT2D eigenvalue weighted by atomic mass is 16.1. The van der Waals surface area contributed by atoms with E-state index in [1.165, 1.54) is 19.3 Å². The van der Waals surface area contributed by atoms with Gasteiger partial charge in [0.15, 0.2) is 0 Å². The van der Waals surface area contributed by atoms with Crippen LogP contribution in [0.2, 0.25) is 0 Å². The Balaban J connectivity index is 1.91. The van der Waals surface area contributed by atoms with Crippen molar-refractivity contribution in [1.82, 2.24) is 4.57 Å². The first-order chi connectivity index (χ1) is 12.3. The number of hydrogen-bond acceptors (Lipinski definition) is 1. The summed E-state index contributed by atoms with van der Waals surface area (Å²) in [6.07, 6.45) is 5.89. The van der Waals surface area contributed by atoms with Crippen molar-refractivity contribution in [1.29, 1.82) is 0 Å². The van der Waals surface area contributed by atoms with Crippen LogP contribution in [0, 0.1) is 0 Å². The molecule has 0 saturated heterocycles. The summed E-state index contributed by atoms with van der Waals surface area (Å²) in [5, 5.41) is 0. The Morgan fingerprint density at radius 3 is 1.92 bits per heavy atom. The molecule has 0 unspecified atom stereocenters. The second kappa shape index (κ2) is 7.10. The predicted octanol–water partition coefficient (Wildman–Crippen LogP) is 5.69. The normalized spacial score (nSPS) is 15.2. The Morgan fingerprint density at radius 1 is 0.680 bits per heavy atom. The van der Waals surface area contributed by atoms with Crippen LogP contribution in [0.15, 0.2) is 77.6 Å². The van der Waals surface area contributed by atoms with Crippen molar-refractivity contribution in [2.24, 2.45) is 0 Å². The third kappa shape index (κ3) is 3.17. The molecule has 0 amide bonds. The van der Waals surface area contributed by atoms with Gasteiger partial charge in [0.1, 0.15) is 0 Å². The minimum absolute atomic E-state index is 0.138. The van der Waals surface area contributed by atoms with E-state index in [1.807, 2.05) is 54.6 Å². The quantitative estimate of drug-likeness (QED) is 0.605. The smallest absolute Gasteiger partial charge is 0.259 e. The summed E-state index contributed by atoms with van der Waals surface area (Å²) in [5.41, 5.74) is 4.09. The largest absolute Gasteiger partial charge is 0.305 e. The zero-order chi connectivity index (χ0) is 17.1. The van der Waals surface area contributed by atoms with Crippen molar-refractivity contribution >= 4 is 0 Å². The molecule has 0 spiro atoms. The number of rotatable bonds is 3. The summed E-state index contributed by atoms with van der Waals surface area (Å²) in [7, 11) is 0. The van der Waals surface area contributed by atoms with Crippen LogP contribution in [0.5, 0.6) is 0 Å². The SMILES string of the molecule is O=c1c(-c2ccccc2)ccc(-c2ccccc2)n1C1CCCCC1. The van der Waals surface area contributed by atoms with Gasteiger partial charge in [-0.15, -0.1) is 0 Å². The third-order valence-corrected chi connectivity index (χ3v) is 5.21. The van der Waals surface area contributed by atoms with Crippen LogP contribution in [0.4, 0.5) is 0 Å². The minimum Gasteiger partial charge on any atom is -0.305 e. The first-order valence-corrected chi connectivity index (χ1v) is 9.21. The van der Waals surface area contributed by atoms with E-state index in [0.717, 1.165) is 35.2 Å². The summed E-state index contributed by atoms with van der Waals surface area (Å²) in [6, 6.07) is 24.7. The van der Waals surface area contributed by atoms with Gasteiger partial charge in [0.2, 0.25) is 0 Å². The van der Waals surface area contributed by atoms with Crippen molar-refractivity contribution in [2.45, 2.75) is 38.1 Å². The van der Waals surface area contributed by atoms with Gasteiger partial charge < -0.3 is 4.57 Å². The molecule has 2 nitrogen and oxygen atoms in total. The molecule has 0 atom stereocenters. The molecular formula is C23H23NO. The van der Waals surface area contributed by atoms with Crippen molar-refractivity contribution < 1.29 is 0 Å². The molecule has 25 heavy (non-hydrogen) atoms. The summed E-state index contributed by atoms with van der Waals surface area (Å²) in [5.74, 6) is 0. The molecule has 1 aliphatic carbocycles. The van der Waals surface area contributed by atoms with Gasteiger partial charge in [-0.2, -0.15) is 0 Å². The molecule has 2 heteroatoms. The van der Waals surface area contributed by atoms with Crippen LogP contribution in [0.1, 0.15) is 38.1 Å². The average molecular weight is 329 g/mol. The molecule has 0 radical (unpaired) electrons. The molecule has 1 saturated carbocycles. The van der Waals surface area contributed by atoms with Gasteiger partial charge in [-0.05, 0) is 36.1 Å². The van der Waals surface area contributed by atoms with Crippen molar-refractivity contribution in [2.75, 3.05) is 0 Å². The van der Waals surface area contributed by atoms with Crippen LogP contribution in [-0.2, 0) is 0 Å². The lowest BCUT2D eigenvalue weighted by Gasteiger charge is -2.27. The van der Waals surface area contributed by atoms with E-state index in [1.54, 1.807) is 0 Å². The van der Waals surface area contributed by atoms with E-state index < -0.39 is 0 Å². The zero-order valence-corrected chi connectivity index (χ0v) is 14.4. The number of pyridine rings is 1. The molecule has 0 aliphatic heterocycles. The topological polar surface area (TPSA) is 22.0 Å². The number of hydrogen-bond donors (Lipinski definition) is 0. The van der Waals surface area contributed by atoms with Crippen molar-refractivity contribution in [3.8, 4) is 22.4 Å². The second-order valence-corrected chi connectivity index (χ2v) is 6.83. The highest BCUT2D eigenvalue weighted by Crippen LogP contribution is 2.32. The fourth-order valence-electron chi connectivity index (χ4n) is 3.94. The van der Waals surface area contributed by atoms with Gasteiger partial charge in [-0.3, -0.25) is 4.79 Å². The van der Waals surface area contributed by atoms with Crippen LogP contribution in [-0.4, -0.2) is 4.57 Å². The van der Waals surface area contributed by atoms with Crippen LogP contribution in [0.25, 0.3) is 22.4 Å². The van der Waals surface area contributed by atoms with Crippen LogP contribution >= 0.6 is 0 Å². The van der Waals surface area contributed by atoms with Gasteiger partial charge in [0.05, 0.1) is 5.69 Å². The van der Waals surface area contributed by atoms with E-state index in [0.29, 0.717) is 6.04 Å². The summed E-state index contributed by atoms with van der Waals surface area (Å²) in [4.78, 5) is 13.4. The molecule has 1 aliphatic rings. The van der Waals surface area contributed by atoms with Crippen LogP contribution in [0.3, 0.4) is 0 Å². The highest BCUT2D eigenvalue weighted by Gasteiger charge is 2.21. The van der Waals surface area contributed by atoms with Crippen LogP contribution < -0.4 is 5.56 Å². The maximum Gasteiger partial charge on any atom is 0.259 e. The molecule has 0 N–H and O–H groups in total. The third-order valence-electron chi connectivity index (χ3n) is 5.21. The number of aromatic nitrogens is 1. The molecule has 2 aromatic carbocycles. The Morgan fingerprint density at radius 2 is 1.28 bits per heavy atom. The van der Waals surface area contributed by atoms with E-state index in [4.69, 9.17) is 0 Å². The van der Waals surface area contributed by atoms with E-state index in [-0.39, 0.29) is 5.56 Å². The molecule has 1 aromatic heterocycles. The maximum absolute atomic E-state index is 13.4. The Kier molecular flexibility index (Phi) is 4.51. The lowest BCUT2D eigenvalue weighted by atomic mass is 9.93. The van der Waals surface area contributed by atoms with Gasteiger partial charge in [0, 0.05) is 11.6 Å². The van der Waals surface area contributed by atoms with Crippen molar-refractivity contribution in [3.05, 3.63) is 83.2 Å². The molecule has 4 rings (SSSR count). The van der Waals surface area contributed by atoms with E-state index >= 15 is 0 Å². The van der Waals surface area contributed by atoms with Gasteiger partial charge >= 0.3 is 0 Å². The van der Waals surface area contributed by atoms with Gasteiger partial charge in [-0.25, -0.2) is 0 Å². The van der Waals surface area contributed by atoms with E-state index in [2.05, 4.69) is 22.8 Å². The first kappa shape index (κ1) is 15.9. The minimum atomic E-state index is 0.138. The molecule has 1 heterocycles. The summed E-state index contributed by atoms with van der Waals surface area (Å²) in [6.45, 7) is 0. The Labute approximate surface area is 148 Å². The van der Waals surface area contributed by atoms with Gasteiger partial charge in [0.25, 0.3) is 5.56 Å². The Hall–Kier alpha value is -2.61. The van der Waals surface area contributed by atoms with Gasteiger partial charge in [-0.1, -0.05) is 79.9 Å². The zero-order valence-electron chi connectivity index (χ0n) is 14.4. The predicted molar refractivity (Wildman–Crippen MR) is 104 cm³/mol. The molecular weight excluding hydrogens is 306 g/mol. The lowest BCUT2D eigenvalue weighted by molar-refractivity contribution is 0.349. The average Bonchev–Trinajstić information content (AvgIpc) is 2.70. The number of benzene rings is 2. The van der Waals surface area contributed by atoms with Crippen molar-refractivity contribution in [3.63, 3.8) is 0 Å². The second-order valence-electron chi connectivity index (χ2n) is 6.83. The monoisotopic (exact) mass is 329 g/mol. The molecule has 3 aromatic rings. The fraction of sp³-hybridized carbons (Fsp3) is 0.261. The summed E-state index contributed by atoms with van der Waals surface area (Å²) < 4.78 is 2.07. The fourth-order valence-corrected chi connectivity index (χ4v) is 3.94. The highest BCUT2D eigenvalue weighted by molar-refractivity contribution is 5.67. The first-order valence-electron chi connectivity index (χ1n) is 9.21. The summed E-state index contributed by atoms with van der Waals surface area (Å²) >= 11 is 0. The number of nitrogens with zero attached hydrogens (tertiary/aromatic N) is 1. The maximum atomic E-state index is 13.4. The standard InChI is InChI=1S/C23H23NO/c25-23-21(18-10-4-1-5-11-18)16-17-22(19-12-6-2-7-13-19)24(23)20-14-8-3-9-15-20/h1-2,4-7,10-13,16-17,20H,3,8-9,14-15H2.